The molecule has 3 rings (SSSR count). The van der Waals surface area contributed by atoms with Crippen LogP contribution >= 0.6 is 0 Å². The Hall–Kier alpha value is -2.77. The maximum Gasteiger partial charge on any atom is 0.235 e. The maximum atomic E-state index is 11.2. The molecule has 2 N–H and O–H groups in total. The summed E-state index contributed by atoms with van der Waals surface area (Å²) in [7, 11) is 0. The first-order valence-electron chi connectivity index (χ1n) is 6.62. The molecule has 1 amide bonds. The van der Waals surface area contributed by atoms with Gasteiger partial charge in [-0.3, -0.25) is 15.1 Å². The number of imidazole rings is 1. The zero-order valence-corrected chi connectivity index (χ0v) is 12.0. The average Bonchev–Trinajstić information content (AvgIpc) is 3.04. The van der Waals surface area contributed by atoms with Crippen molar-refractivity contribution >= 4 is 22.9 Å². The molecule has 0 atom stereocenters. The zero-order valence-electron chi connectivity index (χ0n) is 12.0. The van der Waals surface area contributed by atoms with E-state index in [9.17, 15) is 4.79 Å². The Morgan fingerprint density at radius 3 is 2.95 bits per heavy atom. The van der Waals surface area contributed by atoms with E-state index >= 15 is 0 Å². The number of nitrogens with zero attached hydrogens (tertiary/aromatic N) is 5. The van der Waals surface area contributed by atoms with Crippen LogP contribution in [0.3, 0.4) is 0 Å². The first kappa shape index (κ1) is 13.2. The second-order valence-electron chi connectivity index (χ2n) is 4.68. The van der Waals surface area contributed by atoms with Crippen molar-refractivity contribution in [2.45, 2.75) is 27.2 Å². The summed E-state index contributed by atoms with van der Waals surface area (Å²) in [6.07, 6.45) is 3.95. The second kappa shape index (κ2) is 4.97. The third-order valence-corrected chi connectivity index (χ3v) is 3.22. The number of aromatic amines is 1. The van der Waals surface area contributed by atoms with E-state index in [4.69, 9.17) is 0 Å². The molecule has 21 heavy (non-hydrogen) atoms. The van der Waals surface area contributed by atoms with Crippen LogP contribution in [0.15, 0.2) is 12.5 Å². The van der Waals surface area contributed by atoms with Crippen LogP contribution in [0.1, 0.15) is 25.1 Å². The number of carbonyl (C=O) groups excluding carboxylic acids is 1. The topological polar surface area (TPSA) is 101 Å². The van der Waals surface area contributed by atoms with E-state index in [1.54, 1.807) is 6.20 Å². The summed E-state index contributed by atoms with van der Waals surface area (Å²) >= 11 is 0. The molecule has 3 aromatic rings. The average molecular weight is 285 g/mol. The fraction of sp³-hybridized carbons (Fsp3) is 0.308. The van der Waals surface area contributed by atoms with Gasteiger partial charge in [-0.25, -0.2) is 4.98 Å². The number of hydrogen-bond acceptors (Lipinski definition) is 5. The quantitative estimate of drug-likeness (QED) is 0.756. The summed E-state index contributed by atoms with van der Waals surface area (Å²) in [4.78, 5) is 27.3. The van der Waals surface area contributed by atoms with E-state index in [2.05, 4.69) is 37.3 Å². The highest BCUT2D eigenvalue weighted by Gasteiger charge is 2.14. The fourth-order valence-corrected chi connectivity index (χ4v) is 2.27. The number of amides is 1. The maximum absolute atomic E-state index is 11.2. The monoisotopic (exact) mass is 285 g/mol. The number of aryl methyl sites for hydroxylation is 2. The van der Waals surface area contributed by atoms with Gasteiger partial charge in [-0.1, -0.05) is 6.92 Å². The molecule has 0 aromatic carbocycles. The molecule has 108 valence electrons. The molecule has 3 heterocycles. The van der Waals surface area contributed by atoms with Gasteiger partial charge in [0.2, 0.25) is 17.8 Å². The summed E-state index contributed by atoms with van der Waals surface area (Å²) in [5.74, 6) is 0.602. The molecular weight excluding hydrogens is 270 g/mol. The lowest BCUT2D eigenvalue weighted by Crippen LogP contribution is -2.12. The lowest BCUT2D eigenvalue weighted by molar-refractivity contribution is -0.114. The highest BCUT2D eigenvalue weighted by Crippen LogP contribution is 2.21. The Labute approximate surface area is 120 Å². The molecule has 0 spiro atoms. The number of fused-ring (bicyclic) bond motifs is 1. The minimum atomic E-state index is -0.216. The first-order valence-corrected chi connectivity index (χ1v) is 6.62. The van der Waals surface area contributed by atoms with Crippen LogP contribution in [0, 0.1) is 6.92 Å². The summed E-state index contributed by atoms with van der Waals surface area (Å²) in [5.41, 5.74) is 3.75. The van der Waals surface area contributed by atoms with E-state index in [1.165, 1.54) is 17.9 Å². The molecule has 0 aliphatic heterocycles. The van der Waals surface area contributed by atoms with Crippen molar-refractivity contribution in [1.29, 1.82) is 0 Å². The molecule has 8 nitrogen and oxygen atoms in total. The number of H-pyrrole nitrogens is 1. The summed E-state index contributed by atoms with van der Waals surface area (Å²) < 4.78 is 1.45. The van der Waals surface area contributed by atoms with E-state index in [0.717, 1.165) is 28.7 Å². The van der Waals surface area contributed by atoms with E-state index in [1.807, 2.05) is 6.92 Å². The van der Waals surface area contributed by atoms with Gasteiger partial charge >= 0.3 is 0 Å². The molecule has 3 aromatic heterocycles. The van der Waals surface area contributed by atoms with Crippen molar-refractivity contribution in [2.24, 2.45) is 0 Å². The largest absolute Gasteiger partial charge is 0.321 e. The molecule has 0 saturated heterocycles. The minimum Gasteiger partial charge on any atom is -0.321 e. The van der Waals surface area contributed by atoms with Gasteiger partial charge in [0, 0.05) is 18.2 Å². The van der Waals surface area contributed by atoms with Gasteiger partial charge in [0.25, 0.3) is 0 Å². The highest BCUT2D eigenvalue weighted by molar-refractivity contribution is 5.87. The van der Waals surface area contributed by atoms with Gasteiger partial charge in [-0.05, 0) is 13.3 Å². The Morgan fingerprint density at radius 2 is 2.24 bits per heavy atom. The number of rotatable bonds is 3. The number of aromatic nitrogens is 6. The summed E-state index contributed by atoms with van der Waals surface area (Å²) in [6.45, 7) is 5.45. The number of anilines is 1. The second-order valence-corrected chi connectivity index (χ2v) is 4.68. The molecule has 0 saturated carbocycles. The van der Waals surface area contributed by atoms with E-state index < -0.39 is 0 Å². The summed E-state index contributed by atoms with van der Waals surface area (Å²) in [5, 5.41) is 6.70. The van der Waals surface area contributed by atoms with Crippen molar-refractivity contribution in [3.8, 4) is 5.95 Å². The van der Waals surface area contributed by atoms with Gasteiger partial charge < -0.3 is 4.98 Å². The molecular formula is C13H15N7O. The van der Waals surface area contributed by atoms with Crippen LogP contribution in [0.25, 0.3) is 17.0 Å². The highest BCUT2D eigenvalue weighted by atomic mass is 16.1. The van der Waals surface area contributed by atoms with Gasteiger partial charge in [0.15, 0.2) is 0 Å². The van der Waals surface area contributed by atoms with Gasteiger partial charge in [0.1, 0.15) is 6.33 Å². The third kappa shape index (κ3) is 2.24. The number of carbonyl (C=O) groups is 1. The van der Waals surface area contributed by atoms with Gasteiger partial charge in [0.05, 0.1) is 17.2 Å². The number of nitrogens with one attached hydrogen (secondary N) is 2. The Balaban J connectivity index is 2.14. The molecule has 0 unspecified atom stereocenters. The Kier molecular flexibility index (Phi) is 3.13. The third-order valence-electron chi connectivity index (χ3n) is 3.22. The standard InChI is InChI=1S/C13H15N7O/c1-4-9-7(2)14-5-10-11(9)19-13(18-10)20-12(15-6-16-20)17-8(3)21/h5-6H,4H2,1-3H3,(H,18,19)(H,15,16,17,21). The van der Waals surface area contributed by atoms with Crippen LogP contribution in [0.2, 0.25) is 0 Å². The van der Waals surface area contributed by atoms with Gasteiger partial charge in [-0.15, -0.1) is 0 Å². The predicted octanol–water partition coefficient (Wildman–Crippen LogP) is 1.37. The van der Waals surface area contributed by atoms with Crippen LogP contribution in [-0.4, -0.2) is 35.6 Å². The van der Waals surface area contributed by atoms with Crippen LogP contribution in [0.5, 0.6) is 0 Å². The SMILES string of the molecule is CCc1c(C)ncc2[nH]c(-n3ncnc3NC(C)=O)nc12. The smallest absolute Gasteiger partial charge is 0.235 e. The van der Waals surface area contributed by atoms with Crippen molar-refractivity contribution in [1.82, 2.24) is 29.7 Å². The number of hydrogen-bond donors (Lipinski definition) is 2. The zero-order chi connectivity index (χ0) is 15.0. The fourth-order valence-electron chi connectivity index (χ4n) is 2.27. The summed E-state index contributed by atoms with van der Waals surface area (Å²) in [6, 6.07) is 0. The van der Waals surface area contributed by atoms with Crippen molar-refractivity contribution < 1.29 is 4.79 Å². The Bertz CT molecular complexity index is 817. The molecule has 0 radical (unpaired) electrons. The van der Waals surface area contributed by atoms with E-state index in [-0.39, 0.29) is 5.91 Å². The predicted molar refractivity (Wildman–Crippen MR) is 77.2 cm³/mol. The minimum absolute atomic E-state index is 0.216. The molecule has 8 heteroatoms. The normalized spacial score (nSPS) is 11.0. The van der Waals surface area contributed by atoms with Crippen LogP contribution < -0.4 is 5.32 Å². The Morgan fingerprint density at radius 1 is 1.43 bits per heavy atom. The van der Waals surface area contributed by atoms with Crippen molar-refractivity contribution in [2.75, 3.05) is 5.32 Å². The van der Waals surface area contributed by atoms with Gasteiger partial charge in [-0.2, -0.15) is 14.8 Å². The van der Waals surface area contributed by atoms with Crippen molar-refractivity contribution in [3.63, 3.8) is 0 Å². The molecule has 0 aliphatic rings. The molecule has 0 aliphatic carbocycles. The lowest BCUT2D eigenvalue weighted by Gasteiger charge is -2.01. The van der Waals surface area contributed by atoms with E-state index in [0.29, 0.717) is 11.9 Å². The lowest BCUT2D eigenvalue weighted by atomic mass is 10.1. The number of pyridine rings is 1. The van der Waals surface area contributed by atoms with Crippen LogP contribution in [0.4, 0.5) is 5.95 Å². The first-order chi connectivity index (χ1) is 10.1. The van der Waals surface area contributed by atoms with Crippen LogP contribution in [-0.2, 0) is 11.2 Å². The molecule has 0 bridgehead atoms. The molecule has 0 fully saturated rings. The van der Waals surface area contributed by atoms with Crippen molar-refractivity contribution in [3.05, 3.63) is 23.8 Å².